The van der Waals surface area contributed by atoms with Crippen LogP contribution < -0.4 is 10.6 Å². The number of halogens is 3. The number of hydrogen-bond acceptors (Lipinski definition) is 6. The van der Waals surface area contributed by atoms with E-state index in [1.54, 1.807) is 6.07 Å². The predicted molar refractivity (Wildman–Crippen MR) is 145 cm³/mol. The van der Waals surface area contributed by atoms with Crippen molar-refractivity contribution >= 4 is 22.5 Å². The molecule has 4 aliphatic carbocycles. The molecule has 1 aromatic carbocycles. The Kier molecular flexibility index (Phi) is 7.53. The Morgan fingerprint density at radius 2 is 1.85 bits per heavy atom. The molecule has 1 aliphatic heterocycles. The average molecular weight is 574 g/mol. The number of morpholine rings is 1. The third-order valence-corrected chi connectivity index (χ3v) is 10.3. The zero-order chi connectivity index (χ0) is 27.9. The molecule has 7 nitrogen and oxygen atoms in total. The number of nitrogens with one attached hydrogen (secondary N) is 2. The summed E-state index contributed by atoms with van der Waals surface area (Å²) < 4.78 is 46.4. The fourth-order valence-corrected chi connectivity index (χ4v) is 8.86. The first-order chi connectivity index (χ1) is 19.2. The van der Waals surface area contributed by atoms with Gasteiger partial charge in [-0.3, -0.25) is 10.2 Å². The first-order valence-corrected chi connectivity index (χ1v) is 14.9. The van der Waals surface area contributed by atoms with Crippen LogP contribution in [0.15, 0.2) is 24.4 Å². The zero-order valence-electron chi connectivity index (χ0n) is 22.3. The summed E-state index contributed by atoms with van der Waals surface area (Å²) in [5, 5.41) is 15.6. The van der Waals surface area contributed by atoms with E-state index in [2.05, 4.69) is 20.5 Å². The summed E-state index contributed by atoms with van der Waals surface area (Å²) in [6.45, 7) is 3.92. The molecule has 5 aliphatic rings. The first-order valence-electron chi connectivity index (χ1n) is 14.1. The van der Waals surface area contributed by atoms with E-state index < -0.39 is 11.7 Å². The van der Waals surface area contributed by atoms with Gasteiger partial charge in [-0.1, -0.05) is 6.07 Å². The Bertz CT molecular complexity index is 1250. The zero-order valence-corrected chi connectivity index (χ0v) is 23.1. The van der Waals surface area contributed by atoms with E-state index in [0.717, 1.165) is 43.5 Å². The van der Waals surface area contributed by atoms with Gasteiger partial charge in [-0.05, 0) is 79.4 Å². The van der Waals surface area contributed by atoms with Crippen molar-refractivity contribution in [1.29, 1.82) is 5.26 Å². The number of nitriles is 1. The Balaban J connectivity index is 1.15. The molecule has 1 unspecified atom stereocenters. The number of benzene rings is 1. The summed E-state index contributed by atoms with van der Waals surface area (Å²) in [6.07, 6.45) is 4.43. The quantitative estimate of drug-likeness (QED) is 0.446. The van der Waals surface area contributed by atoms with Gasteiger partial charge in [0.05, 0.1) is 30.4 Å². The number of urea groups is 1. The molecule has 7 rings (SSSR count). The lowest BCUT2D eigenvalue weighted by Gasteiger charge is -2.60. The van der Waals surface area contributed by atoms with Crippen LogP contribution in [0.4, 0.5) is 23.1 Å². The van der Waals surface area contributed by atoms with Gasteiger partial charge in [-0.15, -0.1) is 11.3 Å². The number of amides is 2. The van der Waals surface area contributed by atoms with Crippen molar-refractivity contribution in [2.24, 2.45) is 23.2 Å². The van der Waals surface area contributed by atoms with Gasteiger partial charge in [0.25, 0.3) is 0 Å². The Morgan fingerprint density at radius 3 is 2.48 bits per heavy atom. The molecule has 2 amide bonds. The Morgan fingerprint density at radius 1 is 1.18 bits per heavy atom. The van der Waals surface area contributed by atoms with Gasteiger partial charge < -0.3 is 10.1 Å². The highest BCUT2D eigenvalue weighted by molar-refractivity contribution is 7.15. The molecule has 1 atom stereocenters. The van der Waals surface area contributed by atoms with Crippen LogP contribution in [-0.4, -0.2) is 54.8 Å². The molecule has 4 saturated carbocycles. The molecule has 1 saturated heterocycles. The molecule has 2 heterocycles. The molecule has 0 radical (unpaired) electrons. The number of carbonyl (C=O) groups excluding carboxylic acids is 1. The molecule has 11 heteroatoms. The maximum atomic E-state index is 13.6. The number of alkyl halides is 3. The molecule has 5 fully saturated rings. The van der Waals surface area contributed by atoms with Crippen molar-refractivity contribution in [3.05, 3.63) is 46.0 Å². The van der Waals surface area contributed by atoms with Crippen LogP contribution in [0, 0.1) is 34.5 Å². The van der Waals surface area contributed by atoms with Gasteiger partial charge in [-0.2, -0.15) is 18.4 Å². The van der Waals surface area contributed by atoms with Crippen LogP contribution in [0.2, 0.25) is 0 Å². The third-order valence-electron chi connectivity index (χ3n) is 9.36. The SMILES string of the molecule is N#Cc1ccc(Cc2cnc(NC(=O)NC(CN3CCOCC3)C34CC5CC(CC(C5)C3)C4)s2)c(C(F)(F)F)c1. The Hall–Kier alpha value is -2.68. The molecule has 0 spiro atoms. The molecular weight excluding hydrogens is 539 g/mol. The molecule has 40 heavy (non-hydrogen) atoms. The van der Waals surface area contributed by atoms with E-state index in [9.17, 15) is 18.0 Å². The maximum absolute atomic E-state index is 13.6. The van der Waals surface area contributed by atoms with Crippen LogP contribution >= 0.6 is 11.3 Å². The van der Waals surface area contributed by atoms with Gasteiger partial charge in [0.15, 0.2) is 5.13 Å². The number of aromatic nitrogens is 1. The fourth-order valence-electron chi connectivity index (χ4n) is 8.03. The molecule has 2 aromatic rings. The van der Waals surface area contributed by atoms with Crippen molar-refractivity contribution in [3.8, 4) is 6.07 Å². The lowest BCUT2D eigenvalue weighted by atomic mass is 9.47. The summed E-state index contributed by atoms with van der Waals surface area (Å²) in [5.74, 6) is 2.27. The standard InChI is InChI=1S/C29H34F3N5O2S/c30-29(31,32)24-10-18(15-33)1-2-22(24)11-23-16-34-27(40-23)36-26(38)35-25(17-37-3-5-39-6-4-37)28-12-19-7-20(13-28)9-21(8-19)14-28/h1-2,10,16,19-21,25H,3-9,11-14,17H2,(H2,34,35,36,38). The van der Waals surface area contributed by atoms with Crippen LogP contribution in [0.1, 0.15) is 60.1 Å². The van der Waals surface area contributed by atoms with E-state index in [0.29, 0.717) is 23.2 Å². The van der Waals surface area contributed by atoms with Crippen LogP contribution in [-0.2, 0) is 17.3 Å². The molecule has 2 N–H and O–H groups in total. The second-order valence-corrected chi connectivity index (χ2v) is 13.2. The van der Waals surface area contributed by atoms with Crippen molar-refractivity contribution < 1.29 is 22.7 Å². The highest BCUT2D eigenvalue weighted by atomic mass is 32.1. The van der Waals surface area contributed by atoms with Crippen molar-refractivity contribution in [1.82, 2.24) is 15.2 Å². The number of carbonyl (C=O) groups is 1. The highest BCUT2D eigenvalue weighted by Crippen LogP contribution is 2.61. The van der Waals surface area contributed by atoms with Crippen molar-refractivity contribution in [3.63, 3.8) is 0 Å². The topological polar surface area (TPSA) is 90.3 Å². The lowest BCUT2D eigenvalue weighted by molar-refractivity contribution is -0.138. The average Bonchev–Trinajstić information content (AvgIpc) is 3.34. The van der Waals surface area contributed by atoms with E-state index in [1.165, 1.54) is 68.2 Å². The number of anilines is 1. The Labute approximate surface area is 236 Å². The summed E-state index contributed by atoms with van der Waals surface area (Å²) in [6, 6.07) is 5.07. The van der Waals surface area contributed by atoms with Crippen LogP contribution in [0.25, 0.3) is 0 Å². The van der Waals surface area contributed by atoms with E-state index in [-0.39, 0.29) is 35.0 Å². The van der Waals surface area contributed by atoms with Crippen LogP contribution in [0.5, 0.6) is 0 Å². The second-order valence-electron chi connectivity index (χ2n) is 12.1. The summed E-state index contributed by atoms with van der Waals surface area (Å²) >= 11 is 1.17. The number of rotatable bonds is 7. The van der Waals surface area contributed by atoms with Crippen molar-refractivity contribution in [2.75, 3.05) is 38.2 Å². The normalized spacial score (nSPS) is 28.7. The molecule has 4 bridgehead atoms. The maximum Gasteiger partial charge on any atom is 0.416 e. The van der Waals surface area contributed by atoms with Gasteiger partial charge in [0.2, 0.25) is 0 Å². The lowest BCUT2D eigenvalue weighted by Crippen LogP contribution is -2.61. The van der Waals surface area contributed by atoms with Crippen LogP contribution in [0.3, 0.4) is 0 Å². The van der Waals surface area contributed by atoms with Crippen molar-refractivity contribution in [2.45, 2.75) is 57.2 Å². The number of ether oxygens (including phenoxy) is 1. The van der Waals surface area contributed by atoms with E-state index >= 15 is 0 Å². The number of nitrogens with zero attached hydrogens (tertiary/aromatic N) is 3. The number of thiazole rings is 1. The third kappa shape index (κ3) is 5.85. The molecular formula is C29H34F3N5O2S. The molecule has 214 valence electrons. The summed E-state index contributed by atoms with van der Waals surface area (Å²) in [4.78, 5) is 20.6. The number of hydrogen-bond donors (Lipinski definition) is 2. The first kappa shape index (κ1) is 27.5. The largest absolute Gasteiger partial charge is 0.416 e. The van der Waals surface area contributed by atoms with E-state index in [1.807, 2.05) is 0 Å². The summed E-state index contributed by atoms with van der Waals surface area (Å²) in [5.41, 5.74) is -0.681. The van der Waals surface area contributed by atoms with Gasteiger partial charge in [-0.25, -0.2) is 9.78 Å². The van der Waals surface area contributed by atoms with E-state index in [4.69, 9.17) is 10.00 Å². The van der Waals surface area contributed by atoms with Gasteiger partial charge in [0.1, 0.15) is 0 Å². The minimum atomic E-state index is -4.57. The minimum absolute atomic E-state index is 0.00838. The smallest absolute Gasteiger partial charge is 0.379 e. The highest BCUT2D eigenvalue weighted by Gasteiger charge is 2.54. The minimum Gasteiger partial charge on any atom is -0.379 e. The fraction of sp³-hybridized carbons (Fsp3) is 0.621. The van der Waals surface area contributed by atoms with Gasteiger partial charge in [0, 0.05) is 43.2 Å². The summed E-state index contributed by atoms with van der Waals surface area (Å²) in [7, 11) is 0. The monoisotopic (exact) mass is 573 g/mol. The molecule has 1 aromatic heterocycles. The second kappa shape index (κ2) is 11.0. The predicted octanol–water partition coefficient (Wildman–Crippen LogP) is 5.66. The van der Waals surface area contributed by atoms with Gasteiger partial charge >= 0.3 is 12.2 Å².